The summed E-state index contributed by atoms with van der Waals surface area (Å²) in [5, 5.41) is 12.2. The minimum Gasteiger partial charge on any atom is -0.481 e. The molecule has 2 aromatic rings. The van der Waals surface area contributed by atoms with Crippen LogP contribution in [0.15, 0.2) is 48.8 Å². The maximum Gasteiger partial charge on any atom is 0.305 e. The van der Waals surface area contributed by atoms with E-state index in [-0.39, 0.29) is 29.0 Å². The lowest BCUT2D eigenvalue weighted by Crippen LogP contribution is -2.72. The van der Waals surface area contributed by atoms with Crippen molar-refractivity contribution in [3.63, 3.8) is 0 Å². The molecule has 1 aromatic carbocycles. The molecule has 0 spiro atoms. The highest BCUT2D eigenvalue weighted by atomic mass is 19.1. The van der Waals surface area contributed by atoms with Gasteiger partial charge in [-0.3, -0.25) is 14.6 Å². The average molecular weight is 354 g/mol. The molecule has 26 heavy (non-hydrogen) atoms. The Morgan fingerprint density at radius 2 is 1.88 bits per heavy atom. The molecule has 3 aliphatic carbocycles. The Kier molecular flexibility index (Phi) is 3.79. The van der Waals surface area contributed by atoms with E-state index in [0.717, 1.165) is 24.8 Å². The number of rotatable bonds is 6. The fraction of sp³-hybridized carbons (Fsp3) is 0.350. The van der Waals surface area contributed by atoms with Crippen LogP contribution in [-0.2, 0) is 10.2 Å². The van der Waals surface area contributed by atoms with Crippen LogP contribution in [0.4, 0.5) is 4.39 Å². The van der Waals surface area contributed by atoms with Crippen LogP contribution in [0.25, 0.3) is 0 Å². The van der Waals surface area contributed by atoms with Crippen LogP contribution in [0.1, 0.15) is 41.6 Å². The second kappa shape index (κ2) is 5.90. The normalized spacial score (nSPS) is 27.0. The number of pyridine rings is 1. The molecule has 1 unspecified atom stereocenters. The van der Waals surface area contributed by atoms with Crippen molar-refractivity contribution in [2.75, 3.05) is 0 Å². The number of carboxylic acids is 1. The Morgan fingerprint density at radius 3 is 2.46 bits per heavy atom. The van der Waals surface area contributed by atoms with Crippen molar-refractivity contribution >= 4 is 11.9 Å². The fourth-order valence-electron chi connectivity index (χ4n) is 4.68. The summed E-state index contributed by atoms with van der Waals surface area (Å²) in [5.41, 5.74) is 1.32. The van der Waals surface area contributed by atoms with Crippen molar-refractivity contribution in [2.24, 2.45) is 5.41 Å². The Balaban J connectivity index is 1.48. The van der Waals surface area contributed by atoms with Crippen molar-refractivity contribution in [3.05, 3.63) is 65.7 Å². The first-order chi connectivity index (χ1) is 12.4. The summed E-state index contributed by atoms with van der Waals surface area (Å²) in [6, 6.07) is 9.43. The first kappa shape index (κ1) is 16.7. The summed E-state index contributed by atoms with van der Waals surface area (Å²) in [6.07, 6.45) is 5.39. The van der Waals surface area contributed by atoms with Gasteiger partial charge in [-0.2, -0.15) is 0 Å². The SMILES string of the molecule is O=C(O)CC(NC(=O)c1cccnc1)C12CC(c3ccc(F)cc3)(C1)C2. The predicted octanol–water partition coefficient (Wildman–Crippen LogP) is 2.92. The lowest BCUT2D eigenvalue weighted by atomic mass is 9.31. The quantitative estimate of drug-likeness (QED) is 0.836. The number of carbonyl (C=O) groups is 2. The molecule has 1 heterocycles. The lowest BCUT2D eigenvalue weighted by molar-refractivity contribution is -0.170. The highest BCUT2D eigenvalue weighted by molar-refractivity contribution is 5.94. The number of carbonyl (C=O) groups excluding carboxylic acids is 1. The summed E-state index contributed by atoms with van der Waals surface area (Å²) in [4.78, 5) is 27.7. The van der Waals surface area contributed by atoms with Crippen molar-refractivity contribution in [1.82, 2.24) is 10.3 Å². The minimum absolute atomic E-state index is 0.00346. The molecule has 5 nitrogen and oxygen atoms in total. The second-order valence-electron chi connectivity index (χ2n) is 7.55. The number of hydrogen-bond donors (Lipinski definition) is 2. The molecule has 0 aliphatic heterocycles. The molecule has 3 fully saturated rings. The smallest absolute Gasteiger partial charge is 0.305 e. The van der Waals surface area contributed by atoms with Gasteiger partial charge in [-0.25, -0.2) is 4.39 Å². The van der Waals surface area contributed by atoms with Crippen molar-refractivity contribution in [3.8, 4) is 0 Å². The summed E-state index contributed by atoms with van der Waals surface area (Å²) in [7, 11) is 0. The molecule has 0 saturated heterocycles. The van der Waals surface area contributed by atoms with Crippen molar-refractivity contribution in [1.29, 1.82) is 0 Å². The van der Waals surface area contributed by atoms with E-state index >= 15 is 0 Å². The van der Waals surface area contributed by atoms with Gasteiger partial charge in [0.25, 0.3) is 5.91 Å². The standard InChI is InChI=1S/C20H19FN2O3/c21-15-5-3-14(4-6-15)19-10-20(11-19,12-19)16(8-17(24)25)23-18(26)13-2-1-7-22-9-13/h1-7,9,16H,8,10-12H2,(H,23,26)(H,24,25). The molecular formula is C20H19FN2O3. The van der Waals surface area contributed by atoms with Crippen molar-refractivity contribution in [2.45, 2.75) is 37.1 Å². The Bertz CT molecular complexity index is 831. The van der Waals surface area contributed by atoms with E-state index in [9.17, 15) is 19.1 Å². The summed E-state index contributed by atoms with van der Waals surface area (Å²) in [5.74, 6) is -1.49. The summed E-state index contributed by atoms with van der Waals surface area (Å²) >= 11 is 0. The molecule has 1 aromatic heterocycles. The molecule has 0 radical (unpaired) electrons. The molecule has 2 N–H and O–H groups in total. The zero-order chi connectivity index (χ0) is 18.4. The van der Waals surface area contributed by atoms with E-state index < -0.39 is 12.0 Å². The molecule has 3 aliphatic rings. The summed E-state index contributed by atoms with van der Waals surface area (Å²) < 4.78 is 13.1. The minimum atomic E-state index is -0.929. The van der Waals surface area contributed by atoms with Crippen LogP contribution < -0.4 is 5.32 Å². The number of aromatic nitrogens is 1. The largest absolute Gasteiger partial charge is 0.481 e. The van der Waals surface area contributed by atoms with Gasteiger partial charge in [0.05, 0.1) is 12.0 Å². The van der Waals surface area contributed by atoms with E-state index in [0.29, 0.717) is 5.56 Å². The third kappa shape index (κ3) is 2.66. The highest BCUT2D eigenvalue weighted by Gasteiger charge is 2.71. The molecule has 2 bridgehead atoms. The van der Waals surface area contributed by atoms with Crippen LogP contribution in [0.3, 0.4) is 0 Å². The van der Waals surface area contributed by atoms with Gasteiger partial charge in [-0.1, -0.05) is 12.1 Å². The monoisotopic (exact) mass is 354 g/mol. The fourth-order valence-corrected chi connectivity index (χ4v) is 4.68. The number of nitrogens with one attached hydrogen (secondary N) is 1. The van der Waals surface area contributed by atoms with Gasteiger partial charge in [0.15, 0.2) is 0 Å². The van der Waals surface area contributed by atoms with Gasteiger partial charge in [-0.15, -0.1) is 0 Å². The third-order valence-electron chi connectivity index (χ3n) is 5.87. The molecule has 3 saturated carbocycles. The van der Waals surface area contributed by atoms with Gasteiger partial charge in [0.2, 0.25) is 0 Å². The van der Waals surface area contributed by atoms with Crippen LogP contribution in [0, 0.1) is 11.2 Å². The number of amides is 1. The average Bonchev–Trinajstić information content (AvgIpc) is 2.54. The molecule has 5 rings (SSSR count). The molecule has 6 heteroatoms. The van der Waals surface area contributed by atoms with Crippen LogP contribution in [-0.4, -0.2) is 28.0 Å². The zero-order valence-corrected chi connectivity index (χ0v) is 14.1. The third-order valence-corrected chi connectivity index (χ3v) is 5.87. The number of carboxylic acid groups (broad SMARTS) is 1. The molecule has 1 amide bonds. The first-order valence-electron chi connectivity index (χ1n) is 8.61. The number of benzene rings is 1. The second-order valence-corrected chi connectivity index (χ2v) is 7.55. The predicted molar refractivity (Wildman–Crippen MR) is 92.1 cm³/mol. The van der Waals surface area contributed by atoms with Gasteiger partial charge in [-0.05, 0) is 59.9 Å². The number of aliphatic carboxylic acids is 1. The molecular weight excluding hydrogens is 335 g/mol. The Morgan fingerprint density at radius 1 is 1.19 bits per heavy atom. The maximum absolute atomic E-state index is 13.1. The van der Waals surface area contributed by atoms with Gasteiger partial charge in [0.1, 0.15) is 5.82 Å². The van der Waals surface area contributed by atoms with E-state index in [1.165, 1.54) is 18.3 Å². The number of hydrogen-bond acceptors (Lipinski definition) is 3. The van der Waals surface area contributed by atoms with E-state index in [2.05, 4.69) is 10.3 Å². The summed E-state index contributed by atoms with van der Waals surface area (Å²) in [6.45, 7) is 0. The Hall–Kier alpha value is -2.76. The highest BCUT2D eigenvalue weighted by Crippen LogP contribution is 2.75. The number of nitrogens with zero attached hydrogens (tertiary/aromatic N) is 1. The van der Waals surface area contributed by atoms with Crippen LogP contribution >= 0.6 is 0 Å². The lowest BCUT2D eigenvalue weighted by Gasteiger charge is -2.73. The van der Waals surface area contributed by atoms with E-state index in [4.69, 9.17) is 0 Å². The Labute approximate surface area is 150 Å². The maximum atomic E-state index is 13.1. The zero-order valence-electron chi connectivity index (χ0n) is 14.1. The molecule has 134 valence electrons. The van der Waals surface area contributed by atoms with Gasteiger partial charge < -0.3 is 10.4 Å². The van der Waals surface area contributed by atoms with Crippen LogP contribution in [0.2, 0.25) is 0 Å². The number of halogens is 1. The van der Waals surface area contributed by atoms with E-state index in [1.54, 1.807) is 30.5 Å². The topological polar surface area (TPSA) is 79.3 Å². The first-order valence-corrected chi connectivity index (χ1v) is 8.61. The van der Waals surface area contributed by atoms with Gasteiger partial charge >= 0.3 is 5.97 Å². The van der Waals surface area contributed by atoms with Crippen LogP contribution in [0.5, 0.6) is 0 Å². The van der Waals surface area contributed by atoms with Crippen molar-refractivity contribution < 1.29 is 19.1 Å². The van der Waals surface area contributed by atoms with E-state index in [1.807, 2.05) is 0 Å². The molecule has 1 atom stereocenters. The van der Waals surface area contributed by atoms with Gasteiger partial charge in [0, 0.05) is 18.4 Å².